The van der Waals surface area contributed by atoms with Crippen molar-refractivity contribution in [3.63, 3.8) is 0 Å². The largest absolute Gasteiger partial charge is 0.401 e. The van der Waals surface area contributed by atoms with Crippen LogP contribution in [0.25, 0.3) is 0 Å². The molecule has 1 rings (SSSR count). The fraction of sp³-hybridized carbons (Fsp3) is 1.00. The molecule has 0 amide bonds. The Morgan fingerprint density at radius 3 is 2.12 bits per heavy atom. The molecule has 0 bridgehead atoms. The number of piperazine rings is 1. The lowest BCUT2D eigenvalue weighted by Gasteiger charge is -2.36. The van der Waals surface area contributed by atoms with Crippen LogP contribution in [0.5, 0.6) is 0 Å². The summed E-state index contributed by atoms with van der Waals surface area (Å²) in [7, 11) is 1.76. The molecule has 1 unspecified atom stereocenters. The molecule has 1 heterocycles. The number of hydrogen-bond donors (Lipinski definition) is 2. The molecule has 1 aliphatic heterocycles. The Balaban J connectivity index is 2.26. The minimum absolute atomic E-state index is 0.0100. The normalized spacial score (nSPS) is 21.7. The van der Waals surface area contributed by atoms with E-state index in [-0.39, 0.29) is 12.6 Å². The van der Waals surface area contributed by atoms with Crippen LogP contribution in [0, 0.1) is 0 Å². The van der Waals surface area contributed by atoms with E-state index in [4.69, 9.17) is 5.11 Å². The molecule has 0 aliphatic carbocycles. The lowest BCUT2D eigenvalue weighted by Crippen LogP contribution is -2.52. The van der Waals surface area contributed by atoms with Crippen molar-refractivity contribution in [2.75, 3.05) is 52.9 Å². The van der Waals surface area contributed by atoms with Gasteiger partial charge in [-0.25, -0.2) is 0 Å². The molecule has 0 aromatic carbocycles. The summed E-state index contributed by atoms with van der Waals surface area (Å²) in [5.41, 5.74) is 0. The van der Waals surface area contributed by atoms with Gasteiger partial charge in [0.25, 0.3) is 0 Å². The van der Waals surface area contributed by atoms with E-state index >= 15 is 0 Å². The second-order valence-electron chi connectivity index (χ2n) is 4.36. The van der Waals surface area contributed by atoms with Gasteiger partial charge in [0, 0.05) is 38.8 Å². The van der Waals surface area contributed by atoms with Gasteiger partial charge in [0.2, 0.25) is 0 Å². The van der Waals surface area contributed by atoms with Crippen LogP contribution in [0.1, 0.15) is 0 Å². The average molecular weight is 255 g/mol. The molecule has 0 radical (unpaired) electrons. The van der Waals surface area contributed by atoms with Crippen molar-refractivity contribution >= 4 is 0 Å². The minimum atomic E-state index is -4.11. The molecular formula is C10H20F3N3O. The highest BCUT2D eigenvalue weighted by atomic mass is 19.4. The number of hydrogen-bond acceptors (Lipinski definition) is 4. The Labute approximate surface area is 99.4 Å². The van der Waals surface area contributed by atoms with Crippen LogP contribution in [-0.4, -0.2) is 80.0 Å². The zero-order valence-corrected chi connectivity index (χ0v) is 10.0. The molecule has 1 fully saturated rings. The number of aliphatic hydroxyl groups excluding tert-OH is 1. The first-order chi connectivity index (χ1) is 7.94. The van der Waals surface area contributed by atoms with Crippen molar-refractivity contribution in [1.29, 1.82) is 0 Å². The predicted molar refractivity (Wildman–Crippen MR) is 58.9 cm³/mol. The van der Waals surface area contributed by atoms with Gasteiger partial charge < -0.3 is 10.4 Å². The van der Waals surface area contributed by atoms with E-state index < -0.39 is 12.7 Å². The van der Waals surface area contributed by atoms with Crippen LogP contribution in [-0.2, 0) is 0 Å². The highest BCUT2D eigenvalue weighted by molar-refractivity contribution is 4.77. The molecule has 7 heteroatoms. The second-order valence-corrected chi connectivity index (χ2v) is 4.36. The first-order valence-electron chi connectivity index (χ1n) is 5.74. The summed E-state index contributed by atoms with van der Waals surface area (Å²) < 4.78 is 36.5. The Kier molecular flexibility index (Phi) is 5.64. The SMILES string of the molecule is CNC(CO)CN1CCN(CC(F)(F)F)CC1. The van der Waals surface area contributed by atoms with Crippen molar-refractivity contribution < 1.29 is 18.3 Å². The van der Waals surface area contributed by atoms with Gasteiger partial charge in [-0.3, -0.25) is 9.80 Å². The van der Waals surface area contributed by atoms with Crippen LogP contribution >= 0.6 is 0 Å². The number of nitrogens with one attached hydrogen (secondary N) is 1. The first kappa shape index (κ1) is 14.7. The van der Waals surface area contributed by atoms with Gasteiger partial charge in [-0.2, -0.15) is 13.2 Å². The van der Waals surface area contributed by atoms with Crippen molar-refractivity contribution in [2.24, 2.45) is 0 Å². The zero-order valence-electron chi connectivity index (χ0n) is 10.0. The zero-order chi connectivity index (χ0) is 12.9. The lowest BCUT2D eigenvalue weighted by molar-refractivity contribution is -0.149. The number of aliphatic hydroxyl groups is 1. The summed E-state index contributed by atoms with van der Waals surface area (Å²) in [6.45, 7) is 1.99. The van der Waals surface area contributed by atoms with Gasteiger partial charge in [-0.05, 0) is 7.05 Å². The maximum atomic E-state index is 12.2. The molecule has 1 atom stereocenters. The van der Waals surface area contributed by atoms with E-state index in [1.165, 1.54) is 4.90 Å². The minimum Gasteiger partial charge on any atom is -0.395 e. The molecule has 17 heavy (non-hydrogen) atoms. The number of likely N-dealkylation sites (N-methyl/N-ethyl adjacent to an activating group) is 1. The van der Waals surface area contributed by atoms with E-state index in [0.29, 0.717) is 32.7 Å². The monoisotopic (exact) mass is 255 g/mol. The summed E-state index contributed by atoms with van der Waals surface area (Å²) in [4.78, 5) is 3.49. The van der Waals surface area contributed by atoms with Crippen LogP contribution in [0.3, 0.4) is 0 Å². The van der Waals surface area contributed by atoms with E-state index in [1.54, 1.807) is 7.05 Å². The molecular weight excluding hydrogens is 235 g/mol. The van der Waals surface area contributed by atoms with Gasteiger partial charge in [0.1, 0.15) is 0 Å². The van der Waals surface area contributed by atoms with Gasteiger partial charge >= 0.3 is 6.18 Å². The fourth-order valence-corrected chi connectivity index (χ4v) is 1.94. The van der Waals surface area contributed by atoms with E-state index in [0.717, 1.165) is 0 Å². The summed E-state index contributed by atoms with van der Waals surface area (Å²) in [5, 5.41) is 12.0. The number of halogens is 3. The van der Waals surface area contributed by atoms with Gasteiger partial charge in [0.05, 0.1) is 13.2 Å². The van der Waals surface area contributed by atoms with Crippen molar-refractivity contribution in [2.45, 2.75) is 12.2 Å². The Morgan fingerprint density at radius 1 is 1.18 bits per heavy atom. The third-order valence-corrected chi connectivity index (χ3v) is 2.98. The van der Waals surface area contributed by atoms with Crippen LogP contribution in [0.15, 0.2) is 0 Å². The summed E-state index contributed by atoms with van der Waals surface area (Å²) in [6.07, 6.45) is -4.11. The second kappa shape index (κ2) is 6.53. The number of alkyl halides is 3. The van der Waals surface area contributed by atoms with E-state index in [9.17, 15) is 13.2 Å². The molecule has 0 saturated carbocycles. The number of rotatable bonds is 5. The Bertz CT molecular complexity index is 213. The molecule has 1 aliphatic rings. The van der Waals surface area contributed by atoms with Gasteiger partial charge in [0.15, 0.2) is 0 Å². The fourth-order valence-electron chi connectivity index (χ4n) is 1.94. The van der Waals surface area contributed by atoms with Gasteiger partial charge in [-0.1, -0.05) is 0 Å². The molecule has 2 N–H and O–H groups in total. The standard InChI is InChI=1S/C10H20F3N3O/c1-14-9(7-17)6-15-2-4-16(5-3-15)8-10(11,12)13/h9,14,17H,2-8H2,1H3. The summed E-state index contributed by atoms with van der Waals surface area (Å²) in [5.74, 6) is 0. The highest BCUT2D eigenvalue weighted by Gasteiger charge is 2.32. The van der Waals surface area contributed by atoms with E-state index in [1.807, 2.05) is 0 Å². The average Bonchev–Trinajstić information content (AvgIpc) is 2.26. The summed E-state index contributed by atoms with van der Waals surface area (Å²) >= 11 is 0. The molecule has 1 saturated heterocycles. The van der Waals surface area contributed by atoms with Gasteiger partial charge in [-0.15, -0.1) is 0 Å². The molecule has 102 valence electrons. The Morgan fingerprint density at radius 2 is 1.71 bits per heavy atom. The maximum Gasteiger partial charge on any atom is 0.401 e. The van der Waals surface area contributed by atoms with Crippen LogP contribution in [0.4, 0.5) is 13.2 Å². The van der Waals surface area contributed by atoms with Crippen molar-refractivity contribution in [3.8, 4) is 0 Å². The number of nitrogens with zero attached hydrogens (tertiary/aromatic N) is 2. The van der Waals surface area contributed by atoms with E-state index in [2.05, 4.69) is 10.2 Å². The highest BCUT2D eigenvalue weighted by Crippen LogP contribution is 2.17. The quantitative estimate of drug-likeness (QED) is 0.710. The first-order valence-corrected chi connectivity index (χ1v) is 5.74. The van der Waals surface area contributed by atoms with Crippen LogP contribution in [0.2, 0.25) is 0 Å². The smallest absolute Gasteiger partial charge is 0.395 e. The van der Waals surface area contributed by atoms with Crippen molar-refractivity contribution in [1.82, 2.24) is 15.1 Å². The third-order valence-electron chi connectivity index (χ3n) is 2.98. The third kappa shape index (κ3) is 5.67. The summed E-state index contributed by atoms with van der Waals surface area (Å²) in [6, 6.07) is -0.0100. The lowest BCUT2D eigenvalue weighted by atomic mass is 10.2. The predicted octanol–water partition coefficient (Wildman–Crippen LogP) is -0.253. The topological polar surface area (TPSA) is 38.7 Å². The molecule has 0 aromatic rings. The molecule has 0 spiro atoms. The molecule has 0 aromatic heterocycles. The maximum absolute atomic E-state index is 12.2. The van der Waals surface area contributed by atoms with Crippen LogP contribution < -0.4 is 5.32 Å². The van der Waals surface area contributed by atoms with Crippen molar-refractivity contribution in [3.05, 3.63) is 0 Å². The Hall–Kier alpha value is -0.370. The molecule has 4 nitrogen and oxygen atoms in total.